The van der Waals surface area contributed by atoms with Crippen molar-refractivity contribution in [2.24, 2.45) is 0 Å². The Kier molecular flexibility index (Phi) is 3.06. The van der Waals surface area contributed by atoms with Gasteiger partial charge in [-0.15, -0.1) is 0 Å². The predicted octanol–water partition coefficient (Wildman–Crippen LogP) is 2.48. The Bertz CT molecular complexity index is 788. The summed E-state index contributed by atoms with van der Waals surface area (Å²) in [4.78, 5) is 14.5. The Morgan fingerprint density at radius 2 is 2.04 bits per heavy atom. The minimum Gasteiger partial charge on any atom is -0.507 e. The fraction of sp³-hybridized carbons (Fsp3) is 0.278. The van der Waals surface area contributed by atoms with Crippen LogP contribution in [0.5, 0.6) is 11.5 Å². The summed E-state index contributed by atoms with van der Waals surface area (Å²) < 4.78 is 11.3. The molecule has 0 aromatic heterocycles. The zero-order valence-electron chi connectivity index (χ0n) is 12.8. The van der Waals surface area contributed by atoms with Gasteiger partial charge in [0.1, 0.15) is 11.5 Å². The minimum atomic E-state index is -1.05. The number of ether oxygens (including phenoxy) is 2. The van der Waals surface area contributed by atoms with Gasteiger partial charge in [-0.3, -0.25) is 4.79 Å². The Labute approximate surface area is 134 Å². The molecule has 5 heteroatoms. The molecule has 0 radical (unpaired) electrons. The lowest BCUT2D eigenvalue weighted by Gasteiger charge is -2.43. The van der Waals surface area contributed by atoms with E-state index in [0.29, 0.717) is 30.0 Å². The van der Waals surface area contributed by atoms with E-state index in [2.05, 4.69) is 0 Å². The molecular formula is C18H17NO4. The number of nitrogens with zero attached hydrogens (tertiary/aromatic N) is 1. The van der Waals surface area contributed by atoms with Crippen molar-refractivity contribution in [1.29, 1.82) is 0 Å². The SMILES string of the molecule is COc1ccc([C@@]23OCCCN2C(=O)c2ccccc23)c(O)c1. The Morgan fingerprint density at radius 3 is 2.83 bits per heavy atom. The summed E-state index contributed by atoms with van der Waals surface area (Å²) in [7, 11) is 1.55. The van der Waals surface area contributed by atoms with Crippen molar-refractivity contribution in [3.05, 3.63) is 59.2 Å². The van der Waals surface area contributed by atoms with Crippen LogP contribution in [0.25, 0.3) is 0 Å². The van der Waals surface area contributed by atoms with Gasteiger partial charge in [0.25, 0.3) is 5.91 Å². The van der Waals surface area contributed by atoms with Gasteiger partial charge in [-0.2, -0.15) is 0 Å². The molecule has 1 amide bonds. The zero-order valence-corrected chi connectivity index (χ0v) is 12.8. The maximum atomic E-state index is 12.8. The maximum absolute atomic E-state index is 12.8. The number of phenolic OH excluding ortho intramolecular Hbond substituents is 1. The highest BCUT2D eigenvalue weighted by atomic mass is 16.5. The molecular weight excluding hydrogens is 294 g/mol. The molecule has 0 aliphatic carbocycles. The summed E-state index contributed by atoms with van der Waals surface area (Å²) in [5, 5.41) is 10.5. The molecule has 1 saturated heterocycles. The zero-order chi connectivity index (χ0) is 16.0. The van der Waals surface area contributed by atoms with Gasteiger partial charge in [-0.25, -0.2) is 0 Å². The van der Waals surface area contributed by atoms with E-state index in [1.165, 1.54) is 0 Å². The van der Waals surface area contributed by atoms with Gasteiger partial charge in [0.2, 0.25) is 5.72 Å². The van der Waals surface area contributed by atoms with Crippen LogP contribution in [0.1, 0.15) is 27.9 Å². The van der Waals surface area contributed by atoms with Crippen molar-refractivity contribution >= 4 is 5.91 Å². The van der Waals surface area contributed by atoms with Crippen molar-refractivity contribution in [3.8, 4) is 11.5 Å². The minimum absolute atomic E-state index is 0.0563. The van der Waals surface area contributed by atoms with E-state index in [9.17, 15) is 9.90 Å². The van der Waals surface area contributed by atoms with Crippen LogP contribution in [0, 0.1) is 0 Å². The first kappa shape index (κ1) is 14.1. The molecule has 1 atom stereocenters. The molecule has 2 aromatic rings. The highest BCUT2D eigenvalue weighted by molar-refractivity contribution is 6.00. The van der Waals surface area contributed by atoms with Crippen molar-refractivity contribution in [2.75, 3.05) is 20.3 Å². The predicted molar refractivity (Wildman–Crippen MR) is 83.5 cm³/mol. The number of hydrogen-bond donors (Lipinski definition) is 1. The largest absolute Gasteiger partial charge is 0.507 e. The normalized spacial score (nSPS) is 22.7. The van der Waals surface area contributed by atoms with E-state index >= 15 is 0 Å². The first-order chi connectivity index (χ1) is 11.2. The molecule has 23 heavy (non-hydrogen) atoms. The summed E-state index contributed by atoms with van der Waals surface area (Å²) in [6.07, 6.45) is 0.776. The monoisotopic (exact) mass is 311 g/mol. The summed E-state index contributed by atoms with van der Waals surface area (Å²) in [6.45, 7) is 1.13. The van der Waals surface area contributed by atoms with Gasteiger partial charge in [-0.05, 0) is 24.6 Å². The third-order valence-corrected chi connectivity index (χ3v) is 4.55. The molecule has 1 N–H and O–H groups in total. The number of aromatic hydroxyl groups is 1. The molecule has 0 saturated carbocycles. The fourth-order valence-electron chi connectivity index (χ4n) is 3.55. The lowest BCUT2D eigenvalue weighted by atomic mass is 9.91. The van der Waals surface area contributed by atoms with Gasteiger partial charge < -0.3 is 19.5 Å². The third kappa shape index (κ3) is 1.80. The van der Waals surface area contributed by atoms with E-state index in [0.717, 1.165) is 12.0 Å². The first-order valence-electron chi connectivity index (χ1n) is 7.61. The maximum Gasteiger partial charge on any atom is 0.257 e. The lowest BCUT2D eigenvalue weighted by molar-refractivity contribution is -0.138. The first-order valence-corrected chi connectivity index (χ1v) is 7.61. The summed E-state index contributed by atoms with van der Waals surface area (Å²) in [5.74, 6) is 0.555. The van der Waals surface area contributed by atoms with Gasteiger partial charge in [0, 0.05) is 23.7 Å². The average molecular weight is 311 g/mol. The number of carbonyl (C=O) groups is 1. The number of methoxy groups -OCH3 is 1. The highest BCUT2D eigenvalue weighted by Gasteiger charge is 2.54. The second kappa shape index (κ2) is 4.99. The Balaban J connectivity index is 1.98. The Morgan fingerprint density at radius 1 is 1.22 bits per heavy atom. The standard InChI is InChI=1S/C18H17NO4/c1-22-12-7-8-15(16(20)11-12)18-14-6-3-2-5-13(14)17(21)19(18)9-4-10-23-18/h2-3,5-8,11,20H,4,9-10H2,1H3/t18-/m1/s1. The molecule has 0 spiro atoms. The molecule has 0 bridgehead atoms. The average Bonchev–Trinajstić information content (AvgIpc) is 2.85. The summed E-state index contributed by atoms with van der Waals surface area (Å²) in [6, 6.07) is 12.5. The van der Waals surface area contributed by atoms with Crippen LogP contribution < -0.4 is 4.74 Å². The van der Waals surface area contributed by atoms with E-state index in [-0.39, 0.29) is 11.7 Å². The van der Waals surface area contributed by atoms with Gasteiger partial charge in [0.05, 0.1) is 19.3 Å². The number of phenols is 1. The van der Waals surface area contributed by atoms with Gasteiger partial charge >= 0.3 is 0 Å². The highest BCUT2D eigenvalue weighted by Crippen LogP contribution is 2.49. The van der Waals surface area contributed by atoms with Crippen molar-refractivity contribution < 1.29 is 19.4 Å². The molecule has 0 unspecified atom stereocenters. The number of hydrogen-bond acceptors (Lipinski definition) is 4. The molecule has 2 aliphatic rings. The van der Waals surface area contributed by atoms with Gasteiger partial charge in [-0.1, -0.05) is 18.2 Å². The number of rotatable bonds is 2. The van der Waals surface area contributed by atoms with Crippen molar-refractivity contribution in [3.63, 3.8) is 0 Å². The van der Waals surface area contributed by atoms with E-state index in [4.69, 9.17) is 9.47 Å². The second-order valence-corrected chi connectivity index (χ2v) is 5.73. The number of fused-ring (bicyclic) bond motifs is 3. The summed E-state index contributed by atoms with van der Waals surface area (Å²) in [5.41, 5.74) is 0.925. The number of benzene rings is 2. The topological polar surface area (TPSA) is 59.0 Å². The molecule has 5 nitrogen and oxygen atoms in total. The fourth-order valence-corrected chi connectivity index (χ4v) is 3.55. The van der Waals surface area contributed by atoms with Gasteiger partial charge in [0.15, 0.2) is 0 Å². The molecule has 2 heterocycles. The third-order valence-electron chi connectivity index (χ3n) is 4.55. The van der Waals surface area contributed by atoms with E-state index in [1.807, 2.05) is 24.3 Å². The van der Waals surface area contributed by atoms with Crippen LogP contribution >= 0.6 is 0 Å². The number of amides is 1. The van der Waals surface area contributed by atoms with Crippen LogP contribution in [-0.4, -0.2) is 36.2 Å². The lowest BCUT2D eigenvalue weighted by Crippen LogP contribution is -2.50. The van der Waals surface area contributed by atoms with Crippen LogP contribution in [-0.2, 0) is 10.5 Å². The molecule has 4 rings (SSSR count). The molecule has 2 aromatic carbocycles. The second-order valence-electron chi connectivity index (χ2n) is 5.73. The van der Waals surface area contributed by atoms with Crippen LogP contribution in [0.3, 0.4) is 0 Å². The van der Waals surface area contributed by atoms with Crippen LogP contribution in [0.15, 0.2) is 42.5 Å². The van der Waals surface area contributed by atoms with Crippen LogP contribution in [0.2, 0.25) is 0 Å². The van der Waals surface area contributed by atoms with Crippen molar-refractivity contribution in [1.82, 2.24) is 4.90 Å². The molecule has 118 valence electrons. The van der Waals surface area contributed by atoms with Crippen molar-refractivity contribution in [2.45, 2.75) is 12.1 Å². The van der Waals surface area contributed by atoms with E-state index in [1.54, 1.807) is 30.2 Å². The quantitative estimate of drug-likeness (QED) is 0.925. The number of carbonyl (C=O) groups excluding carboxylic acids is 1. The Hall–Kier alpha value is -2.53. The smallest absolute Gasteiger partial charge is 0.257 e. The molecule has 2 aliphatic heterocycles. The molecule has 1 fully saturated rings. The van der Waals surface area contributed by atoms with Crippen LogP contribution in [0.4, 0.5) is 0 Å². The summed E-state index contributed by atoms with van der Waals surface area (Å²) >= 11 is 0. The van der Waals surface area contributed by atoms with E-state index < -0.39 is 5.72 Å².